The van der Waals surface area contributed by atoms with Crippen LogP contribution >= 0.6 is 0 Å². The van der Waals surface area contributed by atoms with E-state index in [4.69, 9.17) is 0 Å². The van der Waals surface area contributed by atoms with E-state index in [9.17, 15) is 0 Å². The van der Waals surface area contributed by atoms with Gasteiger partial charge in [-0.15, -0.1) is 5.73 Å². The van der Waals surface area contributed by atoms with E-state index in [2.05, 4.69) is 44.7 Å². The van der Waals surface area contributed by atoms with Crippen molar-refractivity contribution in [1.82, 2.24) is 0 Å². The summed E-state index contributed by atoms with van der Waals surface area (Å²) in [6, 6.07) is 0. The Morgan fingerprint density at radius 1 is 1.17 bits per heavy atom. The molecule has 4 aliphatic carbocycles. The Bertz CT molecular complexity index is 610. The third-order valence-electron chi connectivity index (χ3n) is 7.58. The molecule has 0 aromatic heterocycles. The maximum absolute atomic E-state index is 3.54. The van der Waals surface area contributed by atoms with E-state index < -0.39 is 0 Å². The average molecular weight is 308 g/mol. The molecule has 0 bridgehead atoms. The van der Waals surface area contributed by atoms with E-state index >= 15 is 0 Å². The lowest BCUT2D eigenvalue weighted by atomic mass is 9.53. The van der Waals surface area contributed by atoms with Crippen molar-refractivity contribution < 1.29 is 0 Å². The molecule has 0 heteroatoms. The highest BCUT2D eigenvalue weighted by atomic mass is 14.6. The first-order valence-corrected chi connectivity index (χ1v) is 9.77. The summed E-state index contributed by atoms with van der Waals surface area (Å²) in [5, 5.41) is 0. The molecule has 4 aliphatic rings. The molecule has 0 saturated heterocycles. The van der Waals surface area contributed by atoms with Crippen LogP contribution in [0.5, 0.6) is 0 Å². The highest BCUT2D eigenvalue weighted by molar-refractivity contribution is 5.51. The standard InChI is InChI=1S/C23H31/c1-4-6-17-13-14-23(3)18(15-17)7-5-8-21-20-10-9-16(2)19(20)11-12-22(21)23/h4,9-10,18,21-22H,5,7-8,11-15H2,1-3H3/t6?,18-,21?,22?,23-/m0/s1. The van der Waals surface area contributed by atoms with Gasteiger partial charge in [0.1, 0.15) is 0 Å². The molecule has 0 aliphatic heterocycles. The van der Waals surface area contributed by atoms with Crippen LogP contribution in [0, 0.1) is 29.1 Å². The minimum absolute atomic E-state index is 0.558. The number of hydrogen-bond donors (Lipinski definition) is 0. The average Bonchev–Trinajstić information content (AvgIpc) is 2.85. The highest BCUT2D eigenvalue weighted by Crippen LogP contribution is 2.61. The summed E-state index contributed by atoms with van der Waals surface area (Å²) in [7, 11) is 0. The summed E-state index contributed by atoms with van der Waals surface area (Å²) in [4.78, 5) is 0. The molecule has 0 N–H and O–H groups in total. The van der Waals surface area contributed by atoms with Gasteiger partial charge in [-0.25, -0.2) is 0 Å². The summed E-state index contributed by atoms with van der Waals surface area (Å²) in [5.41, 5.74) is 8.97. The Kier molecular flexibility index (Phi) is 3.93. The van der Waals surface area contributed by atoms with Gasteiger partial charge in [-0.05, 0) is 93.6 Å². The first-order valence-electron chi connectivity index (χ1n) is 9.77. The second-order valence-corrected chi connectivity index (χ2v) is 8.58. The fourth-order valence-corrected chi connectivity index (χ4v) is 6.29. The van der Waals surface area contributed by atoms with Crippen LogP contribution in [0.2, 0.25) is 0 Å². The van der Waals surface area contributed by atoms with Crippen molar-refractivity contribution in [3.05, 3.63) is 46.6 Å². The normalized spacial score (nSPS) is 40.1. The molecule has 0 amide bonds. The monoisotopic (exact) mass is 307 g/mol. The minimum Gasteiger partial charge on any atom is -0.126 e. The lowest BCUT2D eigenvalue weighted by Gasteiger charge is -2.51. The van der Waals surface area contributed by atoms with Gasteiger partial charge in [0, 0.05) is 5.92 Å². The molecule has 0 aromatic carbocycles. The van der Waals surface area contributed by atoms with Crippen LogP contribution in [0.1, 0.15) is 72.1 Å². The molecule has 1 radical (unpaired) electrons. The molecule has 23 heavy (non-hydrogen) atoms. The van der Waals surface area contributed by atoms with Crippen molar-refractivity contribution in [2.45, 2.75) is 72.1 Å². The van der Waals surface area contributed by atoms with Gasteiger partial charge in [0.05, 0.1) is 0 Å². The predicted molar refractivity (Wildman–Crippen MR) is 97.9 cm³/mol. The summed E-state index contributed by atoms with van der Waals surface area (Å²) in [5.74, 6) is 4.36. The van der Waals surface area contributed by atoms with Gasteiger partial charge in [-0.1, -0.05) is 36.6 Å². The first kappa shape index (κ1) is 15.5. The molecule has 3 fully saturated rings. The summed E-state index contributed by atoms with van der Waals surface area (Å²) >= 11 is 0. The molecule has 0 aromatic rings. The van der Waals surface area contributed by atoms with Crippen molar-refractivity contribution in [3.63, 3.8) is 0 Å². The van der Waals surface area contributed by atoms with Gasteiger partial charge in [0.2, 0.25) is 0 Å². The molecular weight excluding hydrogens is 276 g/mol. The molecular formula is C23H31. The van der Waals surface area contributed by atoms with Crippen LogP contribution in [0.15, 0.2) is 40.7 Å². The van der Waals surface area contributed by atoms with E-state index in [1.807, 2.05) is 0 Å². The van der Waals surface area contributed by atoms with Crippen LogP contribution in [0.3, 0.4) is 0 Å². The van der Waals surface area contributed by atoms with Crippen LogP contribution in [-0.4, -0.2) is 0 Å². The zero-order valence-corrected chi connectivity index (χ0v) is 15.1. The molecule has 4 atom stereocenters. The maximum Gasteiger partial charge on any atom is 0.0258 e. The van der Waals surface area contributed by atoms with Crippen molar-refractivity contribution in [1.29, 1.82) is 0 Å². The second kappa shape index (κ2) is 5.82. The quantitative estimate of drug-likeness (QED) is 0.444. The van der Waals surface area contributed by atoms with E-state index in [1.54, 1.807) is 22.6 Å². The van der Waals surface area contributed by atoms with E-state index in [1.165, 1.54) is 51.4 Å². The lowest BCUT2D eigenvalue weighted by Crippen LogP contribution is -2.43. The maximum atomic E-state index is 3.54. The van der Waals surface area contributed by atoms with Crippen molar-refractivity contribution in [3.8, 4) is 0 Å². The van der Waals surface area contributed by atoms with Crippen LogP contribution in [-0.2, 0) is 0 Å². The summed E-state index contributed by atoms with van der Waals surface area (Å²) in [6.45, 7) is 7.08. The SMILES string of the molecule is CC=C=C1CC[C@]2(C)C3CC[C]4C(C)=CC=C4C3CCC[C@H]2C1. The second-order valence-electron chi connectivity index (χ2n) is 8.58. The smallest absolute Gasteiger partial charge is 0.0258 e. The third kappa shape index (κ3) is 2.42. The third-order valence-corrected chi connectivity index (χ3v) is 7.58. The highest BCUT2D eigenvalue weighted by Gasteiger charge is 2.51. The number of hydrogen-bond acceptors (Lipinski definition) is 0. The zero-order valence-electron chi connectivity index (χ0n) is 15.1. The van der Waals surface area contributed by atoms with Gasteiger partial charge in [-0.2, -0.15) is 0 Å². The molecule has 4 rings (SSSR count). The minimum atomic E-state index is 0.558. The Morgan fingerprint density at radius 2 is 2.04 bits per heavy atom. The van der Waals surface area contributed by atoms with Gasteiger partial charge < -0.3 is 0 Å². The number of rotatable bonds is 0. The van der Waals surface area contributed by atoms with Gasteiger partial charge in [-0.3, -0.25) is 0 Å². The Labute approximate surface area is 142 Å². The first-order chi connectivity index (χ1) is 11.1. The van der Waals surface area contributed by atoms with E-state index in [-0.39, 0.29) is 0 Å². The molecule has 2 unspecified atom stereocenters. The Hall–Kier alpha value is -1.00. The van der Waals surface area contributed by atoms with Crippen LogP contribution in [0.25, 0.3) is 0 Å². The van der Waals surface area contributed by atoms with Gasteiger partial charge in [0.15, 0.2) is 0 Å². The van der Waals surface area contributed by atoms with Crippen molar-refractivity contribution >= 4 is 0 Å². The number of fused-ring (bicyclic) bond motifs is 5. The van der Waals surface area contributed by atoms with Gasteiger partial charge >= 0.3 is 0 Å². The number of allylic oxidation sites excluding steroid dienone is 5. The lowest BCUT2D eigenvalue weighted by molar-refractivity contribution is 0.0334. The fraction of sp³-hybridized carbons (Fsp3) is 0.652. The molecule has 123 valence electrons. The largest absolute Gasteiger partial charge is 0.126 e. The van der Waals surface area contributed by atoms with Crippen LogP contribution in [0.4, 0.5) is 0 Å². The van der Waals surface area contributed by atoms with Crippen molar-refractivity contribution in [2.24, 2.45) is 23.2 Å². The van der Waals surface area contributed by atoms with Crippen LogP contribution < -0.4 is 0 Å². The van der Waals surface area contributed by atoms with E-state index in [0.29, 0.717) is 5.41 Å². The zero-order chi connectivity index (χ0) is 16.0. The fourth-order valence-electron chi connectivity index (χ4n) is 6.29. The van der Waals surface area contributed by atoms with E-state index in [0.717, 1.165) is 17.8 Å². The summed E-state index contributed by atoms with van der Waals surface area (Å²) in [6.07, 6.45) is 18.0. The summed E-state index contributed by atoms with van der Waals surface area (Å²) < 4.78 is 0. The molecule has 0 nitrogen and oxygen atoms in total. The molecule has 0 heterocycles. The Balaban J connectivity index is 1.65. The molecule has 0 spiro atoms. The predicted octanol–water partition coefficient (Wildman–Crippen LogP) is 6.57. The van der Waals surface area contributed by atoms with Crippen molar-refractivity contribution in [2.75, 3.05) is 0 Å². The Morgan fingerprint density at radius 3 is 2.87 bits per heavy atom. The molecule has 3 saturated carbocycles. The topological polar surface area (TPSA) is 0 Å². The van der Waals surface area contributed by atoms with Gasteiger partial charge in [0.25, 0.3) is 0 Å².